The summed E-state index contributed by atoms with van der Waals surface area (Å²) in [5.74, 6) is -0.930. The summed E-state index contributed by atoms with van der Waals surface area (Å²) >= 11 is 4.76. The maximum absolute atomic E-state index is 11.3. The highest BCUT2D eigenvalue weighted by atomic mass is 32.1. The molecule has 13 heavy (non-hydrogen) atoms. The Morgan fingerprint density at radius 3 is 2.31 bits per heavy atom. The van der Waals surface area contributed by atoms with Gasteiger partial charge in [0.05, 0.1) is 11.5 Å². The predicted octanol–water partition coefficient (Wildman–Crippen LogP) is 2.06. The highest BCUT2D eigenvalue weighted by Crippen LogP contribution is 2.16. The summed E-state index contributed by atoms with van der Waals surface area (Å²) in [4.78, 5) is 11.3. The lowest BCUT2D eigenvalue weighted by Gasteiger charge is -2.16. The van der Waals surface area contributed by atoms with Gasteiger partial charge in [-0.25, -0.2) is 0 Å². The van der Waals surface area contributed by atoms with E-state index in [1.165, 1.54) is 0 Å². The number of nitriles is 1. The first-order valence-electron chi connectivity index (χ1n) is 3.94. The molecule has 0 heterocycles. The normalized spacial score (nSPS) is 12.8. The van der Waals surface area contributed by atoms with Gasteiger partial charge in [0.25, 0.3) is 0 Å². The zero-order valence-corrected chi connectivity index (χ0v) is 9.07. The molecule has 0 fully saturated rings. The molecule has 0 aliphatic rings. The van der Waals surface area contributed by atoms with Crippen LogP contribution in [-0.2, 0) is 9.53 Å². The van der Waals surface area contributed by atoms with Gasteiger partial charge < -0.3 is 4.74 Å². The molecule has 4 heteroatoms. The highest BCUT2D eigenvalue weighted by Gasteiger charge is 2.25. The molecule has 1 unspecified atom stereocenters. The molecule has 0 rings (SSSR count). The zero-order chi connectivity index (χ0) is 10.6. The van der Waals surface area contributed by atoms with Crippen LogP contribution in [0.4, 0.5) is 0 Å². The Morgan fingerprint density at radius 1 is 1.54 bits per heavy atom. The second-order valence-corrected chi connectivity index (χ2v) is 4.21. The number of rotatable bonds is 1. The molecule has 0 N–H and O–H groups in total. The first-order valence-corrected chi connectivity index (χ1v) is 4.35. The summed E-state index contributed by atoms with van der Waals surface area (Å²) in [6.07, 6.45) is 0. The van der Waals surface area contributed by atoms with Crippen molar-refractivity contribution in [3.63, 3.8) is 0 Å². The number of thiocarbonyl (C=S) groups is 1. The molecule has 0 aromatic heterocycles. The minimum absolute atomic E-state index is 0.0439. The molecule has 0 radical (unpaired) electrons. The average Bonchev–Trinajstić information content (AvgIpc) is 2.01. The van der Waals surface area contributed by atoms with Gasteiger partial charge in [0, 0.05) is 0 Å². The van der Waals surface area contributed by atoms with Gasteiger partial charge in [-0.1, -0.05) is 0 Å². The fourth-order valence-electron chi connectivity index (χ4n) is 0.386. The fourth-order valence-corrected chi connectivity index (χ4v) is 0.514. The third-order valence-electron chi connectivity index (χ3n) is 1.35. The first kappa shape index (κ1) is 12.0. The van der Waals surface area contributed by atoms with Gasteiger partial charge in [-0.2, -0.15) is 5.26 Å². The van der Waals surface area contributed by atoms with Crippen LogP contribution in [0.15, 0.2) is 0 Å². The van der Waals surface area contributed by atoms with Crippen molar-refractivity contribution in [2.45, 2.75) is 27.7 Å². The largest absolute Gasteiger partial charge is 0.417 e. The van der Waals surface area contributed by atoms with Crippen LogP contribution >= 0.6 is 12.2 Å². The van der Waals surface area contributed by atoms with Crippen LogP contribution in [0.3, 0.4) is 0 Å². The van der Waals surface area contributed by atoms with Crippen molar-refractivity contribution in [2.24, 2.45) is 11.3 Å². The molecule has 0 aliphatic carbocycles. The molecule has 0 saturated heterocycles. The SMILES string of the molecule is CC(C#N)C(=S)OC(=O)C(C)(C)C. The van der Waals surface area contributed by atoms with Crippen molar-refractivity contribution in [1.82, 2.24) is 0 Å². The van der Waals surface area contributed by atoms with Crippen molar-refractivity contribution in [1.29, 1.82) is 5.26 Å². The lowest BCUT2D eigenvalue weighted by Crippen LogP contribution is -2.27. The fraction of sp³-hybridized carbons (Fsp3) is 0.667. The smallest absolute Gasteiger partial charge is 0.317 e. The van der Waals surface area contributed by atoms with E-state index in [2.05, 4.69) is 0 Å². The Kier molecular flexibility index (Phi) is 4.02. The van der Waals surface area contributed by atoms with E-state index >= 15 is 0 Å². The second kappa shape index (κ2) is 4.33. The molecule has 1 atom stereocenters. The summed E-state index contributed by atoms with van der Waals surface area (Å²) in [5, 5.41) is 8.54. The van der Waals surface area contributed by atoms with Crippen molar-refractivity contribution in [3.8, 4) is 6.07 Å². The number of ether oxygens (including phenoxy) is 1. The zero-order valence-electron chi connectivity index (χ0n) is 8.25. The lowest BCUT2D eigenvalue weighted by molar-refractivity contribution is -0.144. The molecule has 0 amide bonds. The van der Waals surface area contributed by atoms with E-state index in [4.69, 9.17) is 22.2 Å². The standard InChI is InChI=1S/C9H13NO2S/c1-6(5-10)7(13)12-8(11)9(2,3)4/h6H,1-4H3. The van der Waals surface area contributed by atoms with E-state index in [9.17, 15) is 4.79 Å². The quantitative estimate of drug-likeness (QED) is 0.479. The number of hydrogen-bond donors (Lipinski definition) is 0. The molecule has 0 aliphatic heterocycles. The van der Waals surface area contributed by atoms with Gasteiger partial charge in [-0.3, -0.25) is 4.79 Å². The van der Waals surface area contributed by atoms with Gasteiger partial charge >= 0.3 is 5.97 Å². The van der Waals surface area contributed by atoms with E-state index < -0.39 is 17.3 Å². The Morgan fingerprint density at radius 2 is 2.00 bits per heavy atom. The molecule has 0 spiro atoms. The molecule has 0 aromatic carbocycles. The molecule has 0 aromatic rings. The summed E-state index contributed by atoms with van der Waals surface area (Å²) in [7, 11) is 0. The van der Waals surface area contributed by atoms with Gasteiger partial charge in [0.2, 0.25) is 0 Å². The Hall–Kier alpha value is -0.950. The maximum Gasteiger partial charge on any atom is 0.317 e. The van der Waals surface area contributed by atoms with Crippen molar-refractivity contribution >= 4 is 23.2 Å². The van der Waals surface area contributed by atoms with E-state index in [-0.39, 0.29) is 5.05 Å². The van der Waals surface area contributed by atoms with Crippen LogP contribution in [0, 0.1) is 22.7 Å². The minimum atomic E-state index is -0.584. The molecule has 0 bridgehead atoms. The van der Waals surface area contributed by atoms with Crippen LogP contribution < -0.4 is 0 Å². The number of nitrogens with zero attached hydrogens (tertiary/aromatic N) is 1. The molecule has 0 saturated carbocycles. The van der Waals surface area contributed by atoms with Crippen LogP contribution in [0.1, 0.15) is 27.7 Å². The molecular weight excluding hydrogens is 186 g/mol. The van der Waals surface area contributed by atoms with E-state index in [1.54, 1.807) is 27.7 Å². The number of hydrogen-bond acceptors (Lipinski definition) is 4. The number of esters is 1. The maximum atomic E-state index is 11.3. The predicted molar refractivity (Wildman–Crippen MR) is 52.9 cm³/mol. The molecule has 3 nitrogen and oxygen atoms in total. The van der Waals surface area contributed by atoms with E-state index in [0.29, 0.717) is 0 Å². The molecular formula is C9H13NO2S. The van der Waals surface area contributed by atoms with Gasteiger partial charge in [-0.05, 0) is 39.9 Å². The third-order valence-corrected chi connectivity index (χ3v) is 1.79. The summed E-state index contributed by atoms with van der Waals surface area (Å²) in [5.41, 5.74) is -0.584. The van der Waals surface area contributed by atoms with Gasteiger partial charge in [0.15, 0.2) is 5.05 Å². The van der Waals surface area contributed by atoms with Gasteiger partial charge in [0.1, 0.15) is 5.92 Å². The van der Waals surface area contributed by atoms with E-state index in [0.717, 1.165) is 0 Å². The number of carbonyl (C=O) groups excluding carboxylic acids is 1. The second-order valence-electron chi connectivity index (χ2n) is 3.81. The van der Waals surface area contributed by atoms with Crippen molar-refractivity contribution < 1.29 is 9.53 Å². The van der Waals surface area contributed by atoms with E-state index in [1.807, 2.05) is 6.07 Å². The van der Waals surface area contributed by atoms with Crippen LogP contribution in [0.5, 0.6) is 0 Å². The summed E-state index contributed by atoms with van der Waals surface area (Å²) in [6, 6.07) is 1.90. The van der Waals surface area contributed by atoms with Crippen LogP contribution in [-0.4, -0.2) is 11.0 Å². The third kappa shape index (κ3) is 4.00. The summed E-state index contributed by atoms with van der Waals surface area (Å²) < 4.78 is 4.84. The number of carbonyl (C=O) groups is 1. The van der Waals surface area contributed by atoms with Crippen LogP contribution in [0.2, 0.25) is 0 Å². The van der Waals surface area contributed by atoms with Crippen LogP contribution in [0.25, 0.3) is 0 Å². The Labute approximate surface area is 83.7 Å². The lowest BCUT2D eigenvalue weighted by atomic mass is 9.97. The summed E-state index contributed by atoms with van der Waals surface area (Å²) in [6.45, 7) is 6.79. The van der Waals surface area contributed by atoms with Crippen molar-refractivity contribution in [2.75, 3.05) is 0 Å². The Balaban J connectivity index is 4.26. The average molecular weight is 199 g/mol. The minimum Gasteiger partial charge on any atom is -0.417 e. The first-order chi connectivity index (χ1) is 5.79. The van der Waals surface area contributed by atoms with Crippen molar-refractivity contribution in [3.05, 3.63) is 0 Å². The Bertz CT molecular complexity index is 260. The van der Waals surface area contributed by atoms with Gasteiger partial charge in [-0.15, -0.1) is 0 Å². The topological polar surface area (TPSA) is 50.1 Å². The highest BCUT2D eigenvalue weighted by molar-refractivity contribution is 7.80. The monoisotopic (exact) mass is 199 g/mol. The molecule has 72 valence electrons.